The summed E-state index contributed by atoms with van der Waals surface area (Å²) in [5.74, 6) is -0.194. The highest BCUT2D eigenvalue weighted by molar-refractivity contribution is 7.88. The minimum Gasteiger partial charge on any atom is -0.381 e. The largest absolute Gasteiger partial charge is 0.381 e. The Labute approximate surface area is 172 Å². The second kappa shape index (κ2) is 9.35. The van der Waals surface area contributed by atoms with Gasteiger partial charge in [0.1, 0.15) is 0 Å². The summed E-state index contributed by atoms with van der Waals surface area (Å²) in [4.78, 5) is 13.2. The molecule has 29 heavy (non-hydrogen) atoms. The fourth-order valence-corrected chi connectivity index (χ4v) is 4.62. The molecular formula is C22H26N2O4S. The van der Waals surface area contributed by atoms with Gasteiger partial charge in [-0.2, -0.15) is 0 Å². The summed E-state index contributed by atoms with van der Waals surface area (Å²) >= 11 is 0. The molecule has 2 aromatic rings. The molecule has 0 aliphatic carbocycles. The SMILES string of the molecule is C=CCNS(=O)(=O)Cc1ccc(NC(=O)C2(c3ccccc3)CCOCC2)cc1. The zero-order valence-electron chi connectivity index (χ0n) is 16.3. The van der Waals surface area contributed by atoms with Crippen LogP contribution in [0.2, 0.25) is 0 Å². The Morgan fingerprint density at radius 2 is 1.72 bits per heavy atom. The molecule has 1 heterocycles. The summed E-state index contributed by atoms with van der Waals surface area (Å²) in [6.07, 6.45) is 2.73. The molecule has 3 rings (SSSR count). The smallest absolute Gasteiger partial charge is 0.235 e. The molecule has 154 valence electrons. The van der Waals surface area contributed by atoms with E-state index in [0.29, 0.717) is 37.3 Å². The van der Waals surface area contributed by atoms with Crippen LogP contribution in [-0.4, -0.2) is 34.1 Å². The second-order valence-electron chi connectivity index (χ2n) is 7.11. The van der Waals surface area contributed by atoms with Crippen molar-refractivity contribution in [3.8, 4) is 0 Å². The van der Waals surface area contributed by atoms with E-state index in [0.717, 1.165) is 5.56 Å². The van der Waals surface area contributed by atoms with Crippen molar-refractivity contribution >= 4 is 21.6 Å². The lowest BCUT2D eigenvalue weighted by molar-refractivity contribution is -0.125. The number of carbonyl (C=O) groups excluding carboxylic acids is 1. The molecule has 7 heteroatoms. The first kappa shape index (κ1) is 21.2. The van der Waals surface area contributed by atoms with Crippen molar-refractivity contribution in [1.82, 2.24) is 4.72 Å². The number of amides is 1. The monoisotopic (exact) mass is 414 g/mol. The predicted molar refractivity (Wildman–Crippen MR) is 114 cm³/mol. The van der Waals surface area contributed by atoms with Crippen molar-refractivity contribution in [2.45, 2.75) is 24.0 Å². The molecule has 0 bridgehead atoms. The van der Waals surface area contributed by atoms with E-state index in [1.165, 1.54) is 6.08 Å². The van der Waals surface area contributed by atoms with Gasteiger partial charge in [0, 0.05) is 25.4 Å². The Morgan fingerprint density at radius 3 is 2.34 bits per heavy atom. The molecule has 0 radical (unpaired) electrons. The van der Waals surface area contributed by atoms with Gasteiger partial charge in [-0.25, -0.2) is 13.1 Å². The van der Waals surface area contributed by atoms with E-state index in [9.17, 15) is 13.2 Å². The lowest BCUT2D eigenvalue weighted by atomic mass is 9.73. The molecule has 1 amide bonds. The first-order valence-electron chi connectivity index (χ1n) is 9.57. The Hall–Kier alpha value is -2.48. The van der Waals surface area contributed by atoms with Gasteiger partial charge in [0.2, 0.25) is 15.9 Å². The molecular weight excluding hydrogens is 388 g/mol. The fourth-order valence-electron chi connectivity index (χ4n) is 3.52. The van der Waals surface area contributed by atoms with Crippen LogP contribution in [0.5, 0.6) is 0 Å². The van der Waals surface area contributed by atoms with Crippen molar-refractivity contribution < 1.29 is 17.9 Å². The summed E-state index contributed by atoms with van der Waals surface area (Å²) in [7, 11) is -3.42. The number of carbonyl (C=O) groups is 1. The second-order valence-corrected chi connectivity index (χ2v) is 8.91. The van der Waals surface area contributed by atoms with Gasteiger partial charge in [0.05, 0.1) is 11.2 Å². The van der Waals surface area contributed by atoms with E-state index in [2.05, 4.69) is 16.6 Å². The highest BCUT2D eigenvalue weighted by atomic mass is 32.2. The van der Waals surface area contributed by atoms with Gasteiger partial charge in [0.25, 0.3) is 0 Å². The van der Waals surface area contributed by atoms with E-state index in [1.54, 1.807) is 24.3 Å². The molecule has 0 aromatic heterocycles. The molecule has 6 nitrogen and oxygen atoms in total. The maximum Gasteiger partial charge on any atom is 0.235 e. The molecule has 1 aliphatic heterocycles. The minimum absolute atomic E-state index is 0.0694. The van der Waals surface area contributed by atoms with Crippen molar-refractivity contribution in [1.29, 1.82) is 0 Å². The van der Waals surface area contributed by atoms with Crippen LogP contribution in [-0.2, 0) is 30.7 Å². The van der Waals surface area contributed by atoms with E-state index in [4.69, 9.17) is 4.74 Å². The van der Waals surface area contributed by atoms with Crippen molar-refractivity contribution in [3.05, 3.63) is 78.4 Å². The number of ether oxygens (including phenoxy) is 1. The quantitative estimate of drug-likeness (QED) is 0.651. The van der Waals surface area contributed by atoms with Crippen LogP contribution in [0.4, 0.5) is 5.69 Å². The van der Waals surface area contributed by atoms with Gasteiger partial charge in [-0.15, -0.1) is 6.58 Å². The molecule has 1 fully saturated rings. The average Bonchev–Trinajstić information content (AvgIpc) is 2.74. The Morgan fingerprint density at radius 1 is 1.07 bits per heavy atom. The summed E-state index contributed by atoms with van der Waals surface area (Å²) in [5.41, 5.74) is 1.63. The van der Waals surface area contributed by atoms with Crippen LogP contribution < -0.4 is 10.0 Å². The average molecular weight is 415 g/mol. The van der Waals surface area contributed by atoms with Crippen molar-refractivity contribution in [2.75, 3.05) is 25.1 Å². The minimum atomic E-state index is -3.42. The Balaban J connectivity index is 1.73. The third-order valence-electron chi connectivity index (χ3n) is 5.12. The normalized spacial score (nSPS) is 16.1. The molecule has 0 unspecified atom stereocenters. The summed E-state index contributed by atoms with van der Waals surface area (Å²) in [5, 5.41) is 3.00. The topological polar surface area (TPSA) is 84.5 Å². The number of rotatable bonds is 8. The summed E-state index contributed by atoms with van der Waals surface area (Å²) in [6, 6.07) is 16.7. The van der Waals surface area contributed by atoms with Gasteiger partial charge >= 0.3 is 0 Å². The van der Waals surface area contributed by atoms with Crippen LogP contribution in [0.15, 0.2) is 67.3 Å². The lowest BCUT2D eigenvalue weighted by Crippen LogP contribution is -2.44. The third kappa shape index (κ3) is 5.32. The fraction of sp³-hybridized carbons (Fsp3) is 0.318. The number of hydrogen-bond acceptors (Lipinski definition) is 4. The maximum atomic E-state index is 13.2. The molecule has 0 spiro atoms. The molecule has 0 atom stereocenters. The van der Waals surface area contributed by atoms with Gasteiger partial charge < -0.3 is 10.1 Å². The van der Waals surface area contributed by atoms with E-state index in [1.807, 2.05) is 30.3 Å². The van der Waals surface area contributed by atoms with Crippen LogP contribution in [0.1, 0.15) is 24.0 Å². The summed E-state index contributed by atoms with van der Waals surface area (Å²) in [6.45, 7) is 4.77. The van der Waals surface area contributed by atoms with Crippen molar-refractivity contribution in [2.24, 2.45) is 0 Å². The first-order chi connectivity index (χ1) is 14.0. The Bertz CT molecular complexity index is 935. The highest BCUT2D eigenvalue weighted by Crippen LogP contribution is 2.36. The van der Waals surface area contributed by atoms with Gasteiger partial charge in [-0.05, 0) is 36.1 Å². The number of hydrogen-bond donors (Lipinski definition) is 2. The third-order valence-corrected chi connectivity index (χ3v) is 6.44. The molecule has 2 aromatic carbocycles. The van der Waals surface area contributed by atoms with Crippen LogP contribution in [0.25, 0.3) is 0 Å². The molecule has 1 aliphatic rings. The first-order valence-corrected chi connectivity index (χ1v) is 11.2. The predicted octanol–water partition coefficient (Wildman–Crippen LogP) is 2.98. The van der Waals surface area contributed by atoms with Crippen LogP contribution in [0.3, 0.4) is 0 Å². The van der Waals surface area contributed by atoms with E-state index >= 15 is 0 Å². The molecule has 0 saturated carbocycles. The number of sulfonamides is 1. The standard InChI is InChI=1S/C22H26N2O4S/c1-2-14-23-29(26,27)17-18-8-10-20(11-9-18)24-21(25)22(12-15-28-16-13-22)19-6-4-3-5-7-19/h2-11,23H,1,12-17H2,(H,24,25). The zero-order chi connectivity index (χ0) is 20.7. The maximum absolute atomic E-state index is 13.2. The zero-order valence-corrected chi connectivity index (χ0v) is 17.1. The van der Waals surface area contributed by atoms with E-state index in [-0.39, 0.29) is 18.2 Å². The van der Waals surface area contributed by atoms with Crippen LogP contribution >= 0.6 is 0 Å². The molecule has 2 N–H and O–H groups in total. The number of anilines is 1. The highest BCUT2D eigenvalue weighted by Gasteiger charge is 2.41. The van der Waals surface area contributed by atoms with Gasteiger partial charge in [-0.3, -0.25) is 4.79 Å². The van der Waals surface area contributed by atoms with E-state index < -0.39 is 15.4 Å². The van der Waals surface area contributed by atoms with Gasteiger partial charge in [-0.1, -0.05) is 48.5 Å². The Kier molecular flexibility index (Phi) is 6.84. The number of benzene rings is 2. The van der Waals surface area contributed by atoms with Crippen molar-refractivity contribution in [3.63, 3.8) is 0 Å². The lowest BCUT2D eigenvalue weighted by Gasteiger charge is -2.36. The molecule has 1 saturated heterocycles. The van der Waals surface area contributed by atoms with Crippen LogP contribution in [0, 0.1) is 0 Å². The number of nitrogens with one attached hydrogen (secondary N) is 2. The van der Waals surface area contributed by atoms with Gasteiger partial charge in [0.15, 0.2) is 0 Å². The summed E-state index contributed by atoms with van der Waals surface area (Å²) < 4.78 is 31.9.